The molecule has 5 rings (SSSR count). The summed E-state index contributed by atoms with van der Waals surface area (Å²) in [4.78, 5) is 23.0. The summed E-state index contributed by atoms with van der Waals surface area (Å²) in [5.74, 6) is 0.358. The molecule has 0 aliphatic carbocycles. The van der Waals surface area contributed by atoms with Crippen LogP contribution in [0.3, 0.4) is 0 Å². The number of amides is 1. The molecule has 3 aromatic heterocycles. The average molecular weight is 400 g/mol. The monoisotopic (exact) mass is 400 g/mol. The third kappa shape index (κ3) is 3.59. The minimum Gasteiger partial charge on any atom is -0.357 e. The van der Waals surface area contributed by atoms with Crippen molar-refractivity contribution in [3.05, 3.63) is 66.2 Å². The molecule has 1 fully saturated rings. The molecule has 0 unspecified atom stereocenters. The molecule has 7 nitrogen and oxygen atoms in total. The normalized spacial score (nSPS) is 17.3. The molecule has 1 saturated heterocycles. The second kappa shape index (κ2) is 7.76. The van der Waals surface area contributed by atoms with Crippen molar-refractivity contribution in [2.24, 2.45) is 0 Å². The molecule has 0 spiro atoms. The number of carbonyl (C=O) groups is 1. The van der Waals surface area contributed by atoms with E-state index in [2.05, 4.69) is 43.5 Å². The summed E-state index contributed by atoms with van der Waals surface area (Å²) in [6, 6.07) is 11.9. The van der Waals surface area contributed by atoms with Crippen LogP contribution in [0.4, 0.5) is 5.82 Å². The van der Waals surface area contributed by atoms with Gasteiger partial charge in [0.1, 0.15) is 5.82 Å². The summed E-state index contributed by atoms with van der Waals surface area (Å²) in [7, 11) is 2.18. The molecule has 1 amide bonds. The number of hydrogen-bond donors (Lipinski definition) is 3. The fourth-order valence-electron chi connectivity index (χ4n) is 4.18. The molecule has 30 heavy (non-hydrogen) atoms. The lowest BCUT2D eigenvalue weighted by atomic mass is 10.0. The van der Waals surface area contributed by atoms with Crippen molar-refractivity contribution in [3.8, 4) is 11.1 Å². The van der Waals surface area contributed by atoms with E-state index in [1.807, 2.05) is 42.7 Å². The smallest absolute Gasteiger partial charge is 0.256 e. The van der Waals surface area contributed by atoms with Gasteiger partial charge in [0.25, 0.3) is 5.91 Å². The lowest BCUT2D eigenvalue weighted by molar-refractivity contribution is 0.102. The van der Waals surface area contributed by atoms with Gasteiger partial charge in [-0.25, -0.2) is 4.98 Å². The van der Waals surface area contributed by atoms with E-state index in [9.17, 15) is 4.79 Å². The number of rotatable bonds is 4. The van der Waals surface area contributed by atoms with Crippen molar-refractivity contribution < 1.29 is 4.79 Å². The highest BCUT2D eigenvalue weighted by Gasteiger charge is 2.22. The Balaban J connectivity index is 1.33. The van der Waals surface area contributed by atoms with Gasteiger partial charge in [0.05, 0.1) is 11.7 Å². The summed E-state index contributed by atoms with van der Waals surface area (Å²) >= 11 is 0. The number of carbonyl (C=O) groups excluding carboxylic acids is 1. The molecule has 1 atom stereocenters. The number of nitrogens with zero attached hydrogens (tertiary/aromatic N) is 3. The highest BCUT2D eigenvalue weighted by Crippen LogP contribution is 2.31. The molecular weight excluding hydrogens is 376 g/mol. The van der Waals surface area contributed by atoms with Gasteiger partial charge < -0.3 is 10.3 Å². The van der Waals surface area contributed by atoms with E-state index in [0.29, 0.717) is 17.4 Å². The van der Waals surface area contributed by atoms with Crippen molar-refractivity contribution >= 4 is 22.6 Å². The lowest BCUT2D eigenvalue weighted by Gasteiger charge is -2.31. The molecule has 0 radical (unpaired) electrons. The summed E-state index contributed by atoms with van der Waals surface area (Å²) in [5, 5.41) is 10.7. The van der Waals surface area contributed by atoms with Crippen LogP contribution in [0.2, 0.25) is 0 Å². The number of piperidine rings is 1. The molecular formula is C23H24N6O. The summed E-state index contributed by atoms with van der Waals surface area (Å²) < 4.78 is 0. The molecule has 0 saturated carbocycles. The first-order valence-electron chi connectivity index (χ1n) is 10.3. The Labute approximate surface area is 174 Å². The van der Waals surface area contributed by atoms with E-state index in [-0.39, 0.29) is 5.91 Å². The SMILES string of the molecule is CN1CCCC[C@@H]1c1cc2cnc(NC(=O)c3ccc(-c4cn[nH]c4)cc3)cc2[nH]1. The Hall–Kier alpha value is -3.45. The fourth-order valence-corrected chi connectivity index (χ4v) is 4.18. The van der Waals surface area contributed by atoms with Crippen molar-refractivity contribution in [1.29, 1.82) is 0 Å². The topological polar surface area (TPSA) is 89.7 Å². The van der Waals surface area contributed by atoms with Crippen LogP contribution in [-0.2, 0) is 0 Å². The van der Waals surface area contributed by atoms with E-state index >= 15 is 0 Å². The largest absolute Gasteiger partial charge is 0.357 e. The quantitative estimate of drug-likeness (QED) is 0.475. The Bertz CT molecular complexity index is 1160. The van der Waals surface area contributed by atoms with Gasteiger partial charge in [-0.1, -0.05) is 18.6 Å². The second-order valence-electron chi connectivity index (χ2n) is 7.89. The van der Waals surface area contributed by atoms with Gasteiger partial charge in [0, 0.05) is 46.7 Å². The molecule has 4 heterocycles. The number of hydrogen-bond acceptors (Lipinski definition) is 4. The van der Waals surface area contributed by atoms with Crippen LogP contribution in [0.1, 0.15) is 41.4 Å². The number of fused-ring (bicyclic) bond motifs is 1. The maximum atomic E-state index is 12.7. The van der Waals surface area contributed by atoms with E-state index in [1.54, 1.807) is 6.20 Å². The van der Waals surface area contributed by atoms with Gasteiger partial charge in [-0.3, -0.25) is 14.8 Å². The van der Waals surface area contributed by atoms with E-state index < -0.39 is 0 Å². The number of anilines is 1. The first-order chi connectivity index (χ1) is 14.7. The number of nitrogens with one attached hydrogen (secondary N) is 3. The van der Waals surface area contributed by atoms with Gasteiger partial charge in [-0.2, -0.15) is 5.10 Å². The van der Waals surface area contributed by atoms with Crippen LogP contribution in [0.15, 0.2) is 55.0 Å². The van der Waals surface area contributed by atoms with Crippen LogP contribution in [0.25, 0.3) is 22.0 Å². The van der Waals surface area contributed by atoms with Crippen molar-refractivity contribution in [3.63, 3.8) is 0 Å². The van der Waals surface area contributed by atoms with Gasteiger partial charge in [-0.15, -0.1) is 0 Å². The first kappa shape index (κ1) is 18.6. The van der Waals surface area contributed by atoms with Gasteiger partial charge in [0.15, 0.2) is 0 Å². The van der Waals surface area contributed by atoms with Crippen LogP contribution in [0.5, 0.6) is 0 Å². The second-order valence-corrected chi connectivity index (χ2v) is 7.89. The summed E-state index contributed by atoms with van der Waals surface area (Å²) in [6.45, 7) is 1.12. The molecule has 152 valence electrons. The molecule has 7 heteroatoms. The third-order valence-corrected chi connectivity index (χ3v) is 5.87. The molecule has 4 aromatic rings. The predicted molar refractivity (Wildman–Crippen MR) is 117 cm³/mol. The average Bonchev–Trinajstić information content (AvgIpc) is 3.44. The minimum atomic E-state index is -0.181. The van der Waals surface area contributed by atoms with Crippen LogP contribution >= 0.6 is 0 Å². The Kier molecular flexibility index (Phi) is 4.80. The molecule has 0 bridgehead atoms. The van der Waals surface area contributed by atoms with E-state index in [4.69, 9.17) is 0 Å². The van der Waals surface area contributed by atoms with Crippen LogP contribution < -0.4 is 5.32 Å². The summed E-state index contributed by atoms with van der Waals surface area (Å²) in [5.41, 5.74) is 4.78. The number of aromatic amines is 2. The predicted octanol–water partition coefficient (Wildman–Crippen LogP) is 4.36. The molecule has 3 N–H and O–H groups in total. The maximum Gasteiger partial charge on any atom is 0.256 e. The zero-order valence-corrected chi connectivity index (χ0v) is 16.9. The van der Waals surface area contributed by atoms with Crippen LogP contribution in [-0.4, -0.2) is 44.6 Å². The highest BCUT2D eigenvalue weighted by atomic mass is 16.1. The van der Waals surface area contributed by atoms with Crippen molar-refractivity contribution in [2.45, 2.75) is 25.3 Å². The molecule has 1 aliphatic rings. The minimum absolute atomic E-state index is 0.181. The van der Waals surface area contributed by atoms with E-state index in [0.717, 1.165) is 35.0 Å². The highest BCUT2D eigenvalue weighted by molar-refractivity contribution is 6.04. The fraction of sp³-hybridized carbons (Fsp3) is 0.261. The molecule has 1 aliphatic heterocycles. The standard InChI is InChI=1S/C23H24N6O/c1-29-9-3-2-4-21(29)20-10-17-12-24-22(11-19(17)27-20)28-23(30)16-7-5-15(6-8-16)18-13-25-26-14-18/h5-8,10-14,21,27H,2-4,9H2,1H3,(H,25,26)(H,24,28,30)/t21-/m1/s1. The Morgan fingerprint density at radius 2 is 2.00 bits per heavy atom. The zero-order chi connectivity index (χ0) is 20.5. The van der Waals surface area contributed by atoms with Crippen molar-refractivity contribution in [1.82, 2.24) is 25.1 Å². The number of benzene rings is 1. The Morgan fingerprint density at radius 3 is 2.77 bits per heavy atom. The number of H-pyrrole nitrogens is 2. The maximum absolute atomic E-state index is 12.7. The zero-order valence-electron chi connectivity index (χ0n) is 16.9. The number of likely N-dealkylation sites (tertiary alicyclic amines) is 1. The van der Waals surface area contributed by atoms with Crippen LogP contribution in [0, 0.1) is 0 Å². The van der Waals surface area contributed by atoms with Crippen molar-refractivity contribution in [2.75, 3.05) is 18.9 Å². The molecule has 1 aromatic carbocycles. The van der Waals surface area contributed by atoms with Gasteiger partial charge in [-0.05, 0) is 50.2 Å². The lowest BCUT2D eigenvalue weighted by Crippen LogP contribution is -2.29. The first-order valence-corrected chi connectivity index (χ1v) is 10.3. The Morgan fingerprint density at radius 1 is 1.13 bits per heavy atom. The number of pyridine rings is 1. The third-order valence-electron chi connectivity index (χ3n) is 5.87. The van der Waals surface area contributed by atoms with E-state index in [1.165, 1.54) is 18.5 Å². The number of aromatic nitrogens is 4. The van der Waals surface area contributed by atoms with Gasteiger partial charge >= 0.3 is 0 Å². The van der Waals surface area contributed by atoms with Gasteiger partial charge in [0.2, 0.25) is 0 Å². The summed E-state index contributed by atoms with van der Waals surface area (Å²) in [6.07, 6.45) is 9.07.